The number of carbonyl (C=O) groups is 1. The summed E-state index contributed by atoms with van der Waals surface area (Å²) < 4.78 is 13.3. The van der Waals surface area contributed by atoms with Crippen LogP contribution in [-0.4, -0.2) is 28.4 Å². The van der Waals surface area contributed by atoms with Crippen LogP contribution >= 0.6 is 0 Å². The van der Waals surface area contributed by atoms with Gasteiger partial charge in [-0.2, -0.15) is 0 Å². The van der Waals surface area contributed by atoms with Gasteiger partial charge in [-0.1, -0.05) is 13.0 Å². The molecule has 1 amide bonds. The van der Waals surface area contributed by atoms with Gasteiger partial charge >= 0.3 is 0 Å². The molecular formula is C19H22FN3O. The van der Waals surface area contributed by atoms with Crippen molar-refractivity contribution in [1.29, 1.82) is 0 Å². The summed E-state index contributed by atoms with van der Waals surface area (Å²) in [6.07, 6.45) is 7.51. The molecule has 5 heteroatoms. The monoisotopic (exact) mass is 327 g/mol. The number of benzene rings is 1. The second kappa shape index (κ2) is 7.43. The molecule has 24 heavy (non-hydrogen) atoms. The number of halogens is 1. The average molecular weight is 327 g/mol. The molecule has 4 nitrogen and oxygen atoms in total. The molecule has 1 unspecified atom stereocenters. The van der Waals surface area contributed by atoms with E-state index < -0.39 is 0 Å². The highest BCUT2D eigenvalue weighted by Gasteiger charge is 2.26. The molecule has 0 aliphatic carbocycles. The Morgan fingerprint density at radius 3 is 2.96 bits per heavy atom. The van der Waals surface area contributed by atoms with Gasteiger partial charge in [-0.25, -0.2) is 4.39 Å². The van der Waals surface area contributed by atoms with Gasteiger partial charge in [-0.3, -0.25) is 9.78 Å². The van der Waals surface area contributed by atoms with Crippen molar-refractivity contribution >= 4 is 17.3 Å². The molecule has 1 aromatic carbocycles. The molecule has 0 spiro atoms. The Hall–Kier alpha value is -2.43. The molecule has 1 aliphatic rings. The average Bonchev–Trinajstić information content (AvgIpc) is 2.61. The number of likely N-dealkylation sites (tertiary alicyclic amines) is 1. The predicted molar refractivity (Wildman–Crippen MR) is 92.9 cm³/mol. The van der Waals surface area contributed by atoms with Crippen molar-refractivity contribution in [1.82, 2.24) is 9.88 Å². The van der Waals surface area contributed by atoms with E-state index in [0.717, 1.165) is 25.8 Å². The maximum Gasteiger partial charge on any atom is 0.255 e. The Morgan fingerprint density at radius 1 is 1.29 bits per heavy atom. The third-order valence-corrected chi connectivity index (χ3v) is 4.46. The molecule has 1 N–H and O–H groups in total. The van der Waals surface area contributed by atoms with Gasteiger partial charge in [0.1, 0.15) is 5.82 Å². The highest BCUT2D eigenvalue weighted by atomic mass is 19.1. The van der Waals surface area contributed by atoms with E-state index in [4.69, 9.17) is 0 Å². The van der Waals surface area contributed by atoms with Crippen LogP contribution in [0.1, 0.15) is 43.0 Å². The predicted octanol–water partition coefficient (Wildman–Crippen LogP) is 4.37. The van der Waals surface area contributed by atoms with Crippen molar-refractivity contribution < 1.29 is 9.18 Å². The topological polar surface area (TPSA) is 45.2 Å². The van der Waals surface area contributed by atoms with Crippen molar-refractivity contribution in [2.75, 3.05) is 11.9 Å². The molecule has 3 rings (SSSR count). The quantitative estimate of drug-likeness (QED) is 0.907. The molecule has 2 aromatic rings. The molecule has 1 aliphatic heterocycles. The van der Waals surface area contributed by atoms with Crippen LogP contribution in [-0.2, 0) is 0 Å². The van der Waals surface area contributed by atoms with E-state index in [1.54, 1.807) is 30.6 Å². The normalized spacial score (nSPS) is 17.6. The summed E-state index contributed by atoms with van der Waals surface area (Å²) in [7, 11) is 0. The summed E-state index contributed by atoms with van der Waals surface area (Å²) in [5, 5.41) is 3.09. The van der Waals surface area contributed by atoms with Gasteiger partial charge in [0.2, 0.25) is 0 Å². The van der Waals surface area contributed by atoms with Crippen molar-refractivity contribution in [3.8, 4) is 0 Å². The smallest absolute Gasteiger partial charge is 0.255 e. The van der Waals surface area contributed by atoms with Gasteiger partial charge in [0, 0.05) is 24.5 Å². The zero-order chi connectivity index (χ0) is 16.9. The number of nitrogens with one attached hydrogen (secondary N) is 1. The summed E-state index contributed by atoms with van der Waals surface area (Å²) in [5.74, 6) is -0.281. The van der Waals surface area contributed by atoms with Crippen molar-refractivity contribution in [2.24, 2.45) is 0 Å². The summed E-state index contributed by atoms with van der Waals surface area (Å²) in [5.41, 5.74) is 1.87. The number of carbonyl (C=O) groups excluding carboxylic acids is 1. The van der Waals surface area contributed by atoms with Gasteiger partial charge in [0.25, 0.3) is 5.91 Å². The van der Waals surface area contributed by atoms with E-state index in [-0.39, 0.29) is 11.7 Å². The van der Waals surface area contributed by atoms with E-state index in [1.165, 1.54) is 18.6 Å². The molecular weight excluding hydrogens is 305 g/mol. The van der Waals surface area contributed by atoms with E-state index in [2.05, 4.69) is 17.2 Å². The van der Waals surface area contributed by atoms with E-state index in [1.807, 2.05) is 4.90 Å². The molecule has 1 fully saturated rings. The first-order valence-corrected chi connectivity index (χ1v) is 8.46. The Balaban J connectivity index is 1.78. The molecule has 0 bridgehead atoms. The molecule has 1 saturated heterocycles. The first-order chi connectivity index (χ1) is 11.7. The van der Waals surface area contributed by atoms with Crippen LogP contribution in [0.3, 0.4) is 0 Å². The van der Waals surface area contributed by atoms with Gasteiger partial charge in [0.05, 0.1) is 17.4 Å². The van der Waals surface area contributed by atoms with Crippen LogP contribution in [0.2, 0.25) is 0 Å². The fourth-order valence-corrected chi connectivity index (χ4v) is 3.22. The van der Waals surface area contributed by atoms with E-state index in [9.17, 15) is 9.18 Å². The lowest BCUT2D eigenvalue weighted by atomic mass is 9.99. The zero-order valence-corrected chi connectivity index (χ0v) is 13.8. The van der Waals surface area contributed by atoms with Gasteiger partial charge in [-0.15, -0.1) is 0 Å². The van der Waals surface area contributed by atoms with Crippen molar-refractivity contribution in [3.05, 3.63) is 54.1 Å². The fourth-order valence-electron chi connectivity index (χ4n) is 3.22. The number of anilines is 2. The maximum absolute atomic E-state index is 13.3. The minimum atomic E-state index is -0.306. The molecule has 1 atom stereocenters. The SMILES string of the molecule is CCC1CCCCN1C(=O)c1cncc(Nc2cccc(F)c2)c1. The number of hydrogen-bond acceptors (Lipinski definition) is 3. The van der Waals surface area contributed by atoms with Gasteiger partial charge in [0.15, 0.2) is 0 Å². The number of aromatic nitrogens is 1. The maximum atomic E-state index is 13.3. The highest BCUT2D eigenvalue weighted by molar-refractivity contribution is 5.95. The number of pyridine rings is 1. The van der Waals surface area contributed by atoms with Crippen LogP contribution in [0, 0.1) is 5.82 Å². The summed E-state index contributed by atoms with van der Waals surface area (Å²) in [4.78, 5) is 19.0. The lowest BCUT2D eigenvalue weighted by molar-refractivity contribution is 0.0607. The molecule has 2 heterocycles. The third-order valence-electron chi connectivity index (χ3n) is 4.46. The van der Waals surface area contributed by atoms with Crippen molar-refractivity contribution in [3.63, 3.8) is 0 Å². The second-order valence-electron chi connectivity index (χ2n) is 6.15. The third kappa shape index (κ3) is 3.72. The van der Waals surface area contributed by atoms with E-state index in [0.29, 0.717) is 23.0 Å². The Morgan fingerprint density at radius 2 is 2.17 bits per heavy atom. The van der Waals surface area contributed by atoms with Crippen LogP contribution in [0.25, 0.3) is 0 Å². The zero-order valence-electron chi connectivity index (χ0n) is 13.8. The minimum Gasteiger partial charge on any atom is -0.354 e. The Bertz CT molecular complexity index is 719. The highest BCUT2D eigenvalue weighted by Crippen LogP contribution is 2.23. The second-order valence-corrected chi connectivity index (χ2v) is 6.15. The van der Waals surface area contributed by atoms with E-state index >= 15 is 0 Å². The largest absolute Gasteiger partial charge is 0.354 e. The molecule has 126 valence electrons. The summed E-state index contributed by atoms with van der Waals surface area (Å²) in [6.45, 7) is 2.93. The number of piperidine rings is 1. The molecule has 0 saturated carbocycles. The number of rotatable bonds is 4. The van der Waals surface area contributed by atoms with Gasteiger partial charge in [-0.05, 0) is 49.9 Å². The molecule has 0 radical (unpaired) electrons. The number of nitrogens with zero attached hydrogens (tertiary/aromatic N) is 2. The summed E-state index contributed by atoms with van der Waals surface area (Å²) >= 11 is 0. The summed E-state index contributed by atoms with van der Waals surface area (Å²) in [6, 6.07) is 8.30. The van der Waals surface area contributed by atoms with Crippen LogP contribution in [0.15, 0.2) is 42.7 Å². The van der Waals surface area contributed by atoms with Gasteiger partial charge < -0.3 is 10.2 Å². The molecule has 1 aromatic heterocycles. The van der Waals surface area contributed by atoms with Crippen LogP contribution < -0.4 is 5.32 Å². The first kappa shape index (κ1) is 16.4. The lowest BCUT2D eigenvalue weighted by Crippen LogP contribution is -2.43. The lowest BCUT2D eigenvalue weighted by Gasteiger charge is -2.35. The standard InChI is InChI=1S/C19H22FN3O/c1-2-18-8-3-4-9-23(18)19(24)14-10-17(13-21-12-14)22-16-7-5-6-15(20)11-16/h5-7,10-13,18,22H,2-4,8-9H2,1H3. The van der Waals surface area contributed by atoms with Crippen LogP contribution in [0.4, 0.5) is 15.8 Å². The fraction of sp³-hybridized carbons (Fsp3) is 0.368. The number of hydrogen-bond donors (Lipinski definition) is 1. The van der Waals surface area contributed by atoms with Crippen molar-refractivity contribution in [2.45, 2.75) is 38.6 Å². The van der Waals surface area contributed by atoms with Crippen LogP contribution in [0.5, 0.6) is 0 Å². The first-order valence-electron chi connectivity index (χ1n) is 8.46. The number of amides is 1. The minimum absolute atomic E-state index is 0.0249. The Labute approximate surface area is 141 Å². The Kier molecular flexibility index (Phi) is 5.08.